The van der Waals surface area contributed by atoms with Gasteiger partial charge in [0.2, 0.25) is 0 Å². The summed E-state index contributed by atoms with van der Waals surface area (Å²) < 4.78 is 0. The first-order chi connectivity index (χ1) is 12.4. The average Bonchev–Trinajstić information content (AvgIpc) is 2.57. The number of hydrogen-bond donors (Lipinski definition) is 2. The molecule has 0 aliphatic carbocycles. The fourth-order valence-electron chi connectivity index (χ4n) is 2.81. The van der Waals surface area contributed by atoms with E-state index in [4.69, 9.17) is 0 Å². The maximum absolute atomic E-state index is 12.7. The van der Waals surface area contributed by atoms with Gasteiger partial charge in [0.05, 0.1) is 0 Å². The minimum atomic E-state index is -0.250. The van der Waals surface area contributed by atoms with Gasteiger partial charge < -0.3 is 10.6 Å². The summed E-state index contributed by atoms with van der Waals surface area (Å²) >= 11 is 0. The molecule has 2 aromatic carbocycles. The molecule has 3 rings (SSSR count). The fraction of sp³-hybridized carbons (Fsp3) is 0.190. The van der Waals surface area contributed by atoms with E-state index in [1.807, 2.05) is 63.2 Å². The van der Waals surface area contributed by atoms with Gasteiger partial charge in [-0.2, -0.15) is 0 Å². The lowest BCUT2D eigenvalue weighted by atomic mass is 10.1. The zero-order chi connectivity index (χ0) is 18.7. The van der Waals surface area contributed by atoms with Crippen LogP contribution in [0.5, 0.6) is 0 Å². The highest BCUT2D eigenvalue weighted by atomic mass is 16.1. The van der Waals surface area contributed by atoms with Crippen molar-refractivity contribution in [3.05, 3.63) is 76.7 Å². The Morgan fingerprint density at radius 3 is 2.27 bits per heavy atom. The number of anilines is 3. The van der Waals surface area contributed by atoms with Crippen LogP contribution in [0.1, 0.15) is 33.0 Å². The van der Waals surface area contributed by atoms with E-state index in [0.717, 1.165) is 28.1 Å². The van der Waals surface area contributed by atoms with Crippen LogP contribution in [0.15, 0.2) is 48.5 Å². The monoisotopic (exact) mass is 346 g/mol. The Hall–Kier alpha value is -3.21. The molecule has 5 nitrogen and oxygen atoms in total. The van der Waals surface area contributed by atoms with Gasteiger partial charge in [0.25, 0.3) is 5.91 Å². The van der Waals surface area contributed by atoms with Crippen molar-refractivity contribution >= 4 is 23.1 Å². The first-order valence-corrected chi connectivity index (χ1v) is 8.49. The smallest absolute Gasteiger partial charge is 0.274 e. The van der Waals surface area contributed by atoms with Crippen molar-refractivity contribution < 1.29 is 4.79 Å². The lowest BCUT2D eigenvalue weighted by Gasteiger charge is -2.12. The minimum Gasteiger partial charge on any atom is -0.340 e. The summed E-state index contributed by atoms with van der Waals surface area (Å²) in [5.74, 6) is 0.879. The summed E-state index contributed by atoms with van der Waals surface area (Å²) in [4.78, 5) is 21.4. The van der Waals surface area contributed by atoms with Crippen LogP contribution in [0, 0.1) is 27.7 Å². The number of rotatable bonds is 4. The molecule has 0 saturated heterocycles. The van der Waals surface area contributed by atoms with Crippen LogP contribution >= 0.6 is 0 Å². The molecule has 0 spiro atoms. The zero-order valence-corrected chi connectivity index (χ0v) is 15.4. The second-order valence-corrected chi connectivity index (χ2v) is 6.40. The largest absolute Gasteiger partial charge is 0.340 e. The van der Waals surface area contributed by atoms with Gasteiger partial charge in [-0.15, -0.1) is 0 Å². The second-order valence-electron chi connectivity index (χ2n) is 6.40. The number of hydrogen-bond acceptors (Lipinski definition) is 4. The van der Waals surface area contributed by atoms with E-state index in [9.17, 15) is 4.79 Å². The van der Waals surface area contributed by atoms with Gasteiger partial charge in [-0.1, -0.05) is 30.3 Å². The van der Waals surface area contributed by atoms with Crippen molar-refractivity contribution in [2.45, 2.75) is 27.7 Å². The number of carbonyl (C=O) groups excluding carboxylic acids is 1. The quantitative estimate of drug-likeness (QED) is 0.718. The van der Waals surface area contributed by atoms with Gasteiger partial charge in [-0.25, -0.2) is 9.97 Å². The van der Waals surface area contributed by atoms with Crippen LogP contribution in [0.3, 0.4) is 0 Å². The molecular weight excluding hydrogens is 324 g/mol. The topological polar surface area (TPSA) is 66.9 Å². The summed E-state index contributed by atoms with van der Waals surface area (Å²) in [5, 5.41) is 6.20. The van der Waals surface area contributed by atoms with Crippen LogP contribution in [0.25, 0.3) is 0 Å². The van der Waals surface area contributed by atoms with E-state index in [1.165, 1.54) is 0 Å². The van der Waals surface area contributed by atoms with Crippen molar-refractivity contribution in [2.75, 3.05) is 10.6 Å². The summed E-state index contributed by atoms with van der Waals surface area (Å²) in [6.07, 6.45) is 0. The third kappa shape index (κ3) is 4.06. The standard InChI is InChI=1S/C21H22N4O/c1-13-7-5-10-17(11-13)24-19-12-18(22-16(4)23-19)21(26)25-20-14(2)8-6-9-15(20)3/h5-12H,1-4H3,(H,25,26)(H,22,23,24). The van der Waals surface area contributed by atoms with Gasteiger partial charge in [0, 0.05) is 17.4 Å². The van der Waals surface area contributed by atoms with Crippen molar-refractivity contribution in [3.8, 4) is 0 Å². The normalized spacial score (nSPS) is 10.5. The van der Waals surface area contributed by atoms with Gasteiger partial charge in [0.15, 0.2) is 0 Å². The number of nitrogens with one attached hydrogen (secondary N) is 2. The van der Waals surface area contributed by atoms with Crippen LogP contribution in [0.2, 0.25) is 0 Å². The number of amides is 1. The van der Waals surface area contributed by atoms with E-state index < -0.39 is 0 Å². The number of aromatic nitrogens is 2. The predicted molar refractivity (Wildman–Crippen MR) is 105 cm³/mol. The van der Waals surface area contributed by atoms with Crippen LogP contribution in [-0.2, 0) is 0 Å². The molecule has 0 bridgehead atoms. The highest BCUT2D eigenvalue weighted by molar-refractivity contribution is 6.04. The molecule has 26 heavy (non-hydrogen) atoms. The number of nitrogens with zero attached hydrogens (tertiary/aromatic N) is 2. The summed E-state index contributed by atoms with van der Waals surface area (Å²) in [6.45, 7) is 7.74. The Morgan fingerprint density at radius 2 is 1.58 bits per heavy atom. The molecule has 0 aliphatic heterocycles. The first kappa shape index (κ1) is 17.6. The summed E-state index contributed by atoms with van der Waals surface area (Å²) in [6, 6.07) is 15.6. The van der Waals surface area contributed by atoms with Crippen molar-refractivity contribution in [2.24, 2.45) is 0 Å². The SMILES string of the molecule is Cc1cccc(Nc2cc(C(=O)Nc3c(C)cccc3C)nc(C)n2)c1. The number of carbonyl (C=O) groups is 1. The molecule has 2 N–H and O–H groups in total. The Bertz CT molecular complexity index is 946. The van der Waals surface area contributed by atoms with E-state index in [1.54, 1.807) is 13.0 Å². The molecule has 0 radical (unpaired) electrons. The van der Waals surface area contributed by atoms with Crippen molar-refractivity contribution in [3.63, 3.8) is 0 Å². The van der Waals surface area contributed by atoms with E-state index in [-0.39, 0.29) is 5.91 Å². The summed E-state index contributed by atoms with van der Waals surface area (Å²) in [5.41, 5.74) is 5.25. The maximum atomic E-state index is 12.7. The Kier molecular flexibility index (Phi) is 4.98. The molecule has 0 aliphatic rings. The molecule has 1 heterocycles. The van der Waals surface area contributed by atoms with Gasteiger partial charge in [-0.05, 0) is 56.5 Å². The molecule has 1 aromatic heterocycles. The van der Waals surface area contributed by atoms with E-state index in [0.29, 0.717) is 17.3 Å². The first-order valence-electron chi connectivity index (χ1n) is 8.49. The third-order valence-corrected chi connectivity index (χ3v) is 4.08. The van der Waals surface area contributed by atoms with Crippen molar-refractivity contribution in [1.29, 1.82) is 0 Å². The zero-order valence-electron chi connectivity index (χ0n) is 15.4. The Balaban J connectivity index is 1.86. The molecule has 132 valence electrons. The highest BCUT2D eigenvalue weighted by Crippen LogP contribution is 2.21. The Morgan fingerprint density at radius 1 is 0.885 bits per heavy atom. The van der Waals surface area contributed by atoms with Crippen LogP contribution < -0.4 is 10.6 Å². The molecule has 0 atom stereocenters. The van der Waals surface area contributed by atoms with E-state index >= 15 is 0 Å². The molecule has 0 saturated carbocycles. The van der Waals surface area contributed by atoms with Crippen LogP contribution in [-0.4, -0.2) is 15.9 Å². The average molecular weight is 346 g/mol. The molecule has 0 fully saturated rings. The maximum Gasteiger partial charge on any atom is 0.274 e. The predicted octanol–water partition coefficient (Wildman–Crippen LogP) is 4.71. The van der Waals surface area contributed by atoms with Gasteiger partial charge in [-0.3, -0.25) is 4.79 Å². The summed E-state index contributed by atoms with van der Waals surface area (Å²) in [7, 11) is 0. The fourth-order valence-corrected chi connectivity index (χ4v) is 2.81. The number of para-hydroxylation sites is 1. The van der Waals surface area contributed by atoms with E-state index in [2.05, 4.69) is 20.6 Å². The number of aryl methyl sites for hydroxylation is 4. The molecule has 3 aromatic rings. The lowest BCUT2D eigenvalue weighted by molar-refractivity contribution is 0.102. The minimum absolute atomic E-state index is 0.250. The van der Waals surface area contributed by atoms with Gasteiger partial charge in [0.1, 0.15) is 17.3 Å². The van der Waals surface area contributed by atoms with Crippen molar-refractivity contribution in [1.82, 2.24) is 9.97 Å². The van der Waals surface area contributed by atoms with Gasteiger partial charge >= 0.3 is 0 Å². The molecule has 0 unspecified atom stereocenters. The lowest BCUT2D eigenvalue weighted by Crippen LogP contribution is -2.16. The second kappa shape index (κ2) is 7.35. The Labute approximate surface area is 153 Å². The highest BCUT2D eigenvalue weighted by Gasteiger charge is 2.13. The third-order valence-electron chi connectivity index (χ3n) is 4.08. The molecular formula is C21H22N4O. The molecule has 1 amide bonds. The van der Waals surface area contributed by atoms with Crippen LogP contribution in [0.4, 0.5) is 17.2 Å². The molecule has 5 heteroatoms. The number of benzene rings is 2.